The largest absolute Gasteiger partial charge is 0.341 e. The molecule has 0 aliphatic carbocycles. The lowest BCUT2D eigenvalue weighted by Crippen LogP contribution is -2.58. The molecule has 0 bridgehead atoms. The van der Waals surface area contributed by atoms with E-state index in [1.165, 1.54) is 169 Å². The number of nitrogens with zero attached hydrogens (tertiary/aromatic N) is 5. The van der Waals surface area contributed by atoms with E-state index in [4.69, 9.17) is 0 Å². The SMILES string of the molecule is c1ccc(-n2c3cc4c(cc3c3cc5c(cc32)Sc2cc(N3CCCc6ccccc63)cc3c2B5c2cccc5c6ccccc6n-3c25)B2c3c(cc(N5CCCc6ccccc65)cc3-n3c5ccccc5c5cccc2c53)S4)cc1. The molecular weight excluding hydrogens is 1020 g/mol. The van der Waals surface area contributed by atoms with E-state index in [-0.39, 0.29) is 13.4 Å². The number of para-hydroxylation sites is 7. The Balaban J connectivity index is 0.853. The summed E-state index contributed by atoms with van der Waals surface area (Å²) in [7, 11) is 0. The number of aryl methyl sites for hydroxylation is 2. The van der Waals surface area contributed by atoms with E-state index in [9.17, 15) is 0 Å². The van der Waals surface area contributed by atoms with Gasteiger partial charge in [-0.15, -0.1) is 0 Å². The maximum absolute atomic E-state index is 2.63. The molecule has 0 fully saturated rings. The number of hydrogen-bond acceptors (Lipinski definition) is 4. The quantitative estimate of drug-likeness (QED) is 0.164. The highest BCUT2D eigenvalue weighted by Gasteiger charge is 2.43. The van der Waals surface area contributed by atoms with Crippen molar-refractivity contribution in [1.29, 1.82) is 0 Å². The Hall–Kier alpha value is -8.75. The minimum Gasteiger partial charge on any atom is -0.341 e. The van der Waals surface area contributed by atoms with Gasteiger partial charge in [0.15, 0.2) is 0 Å². The zero-order chi connectivity index (χ0) is 52.3. The third-order valence-electron chi connectivity index (χ3n) is 19.3. The van der Waals surface area contributed by atoms with Gasteiger partial charge in [-0.1, -0.05) is 174 Å². The van der Waals surface area contributed by atoms with Crippen molar-refractivity contribution < 1.29 is 0 Å². The lowest BCUT2D eigenvalue weighted by Gasteiger charge is -2.37. The topological polar surface area (TPSA) is 21.3 Å². The fraction of sp³-hybridized carbons (Fsp3) is 0.0833. The summed E-state index contributed by atoms with van der Waals surface area (Å²) in [6.45, 7) is 2.10. The molecule has 0 saturated heterocycles. The molecule has 14 aromatic rings. The number of hydrogen-bond donors (Lipinski definition) is 0. The molecule has 6 aliphatic rings. The molecular formula is C72H47B2N5S2. The van der Waals surface area contributed by atoms with Crippen LogP contribution < -0.4 is 42.6 Å². The molecule has 6 aliphatic heterocycles. The molecule has 378 valence electrons. The molecule has 0 saturated carbocycles. The van der Waals surface area contributed by atoms with Crippen LogP contribution in [-0.2, 0) is 12.8 Å². The number of aromatic nitrogens is 3. The molecule has 0 unspecified atom stereocenters. The van der Waals surface area contributed by atoms with Gasteiger partial charge in [0.05, 0.1) is 22.1 Å². The Morgan fingerprint density at radius 2 is 0.765 bits per heavy atom. The maximum atomic E-state index is 2.63. The van der Waals surface area contributed by atoms with Gasteiger partial charge < -0.3 is 23.5 Å². The van der Waals surface area contributed by atoms with E-state index in [2.05, 4.69) is 236 Å². The predicted octanol–water partition coefficient (Wildman–Crippen LogP) is 13.7. The van der Waals surface area contributed by atoms with Gasteiger partial charge >= 0.3 is 0 Å². The summed E-state index contributed by atoms with van der Waals surface area (Å²) < 4.78 is 7.82. The zero-order valence-corrected chi connectivity index (χ0v) is 45.8. The Morgan fingerprint density at radius 3 is 1.28 bits per heavy atom. The minimum atomic E-state index is 0.0514. The first-order valence-electron chi connectivity index (χ1n) is 28.9. The second kappa shape index (κ2) is 16.0. The molecule has 20 rings (SSSR count). The second-order valence-corrected chi connectivity index (χ2v) is 25.4. The summed E-state index contributed by atoms with van der Waals surface area (Å²) in [6.07, 6.45) is 4.50. The van der Waals surface area contributed by atoms with Crippen molar-refractivity contribution in [3.63, 3.8) is 0 Å². The van der Waals surface area contributed by atoms with E-state index in [0.717, 1.165) is 38.8 Å². The van der Waals surface area contributed by atoms with Crippen LogP contribution in [-0.4, -0.2) is 40.2 Å². The highest BCUT2D eigenvalue weighted by Crippen LogP contribution is 2.48. The first-order chi connectivity index (χ1) is 40.2. The highest BCUT2D eigenvalue weighted by molar-refractivity contribution is 8.00. The van der Waals surface area contributed by atoms with Crippen molar-refractivity contribution in [2.75, 3.05) is 22.9 Å². The molecule has 0 radical (unpaired) electrons. The second-order valence-electron chi connectivity index (χ2n) is 23.3. The van der Waals surface area contributed by atoms with Crippen molar-refractivity contribution >= 4 is 158 Å². The van der Waals surface area contributed by atoms with Crippen molar-refractivity contribution in [2.45, 2.75) is 45.3 Å². The Labute approximate surface area is 477 Å². The van der Waals surface area contributed by atoms with Crippen LogP contribution in [0.2, 0.25) is 0 Å². The Morgan fingerprint density at radius 1 is 0.309 bits per heavy atom. The van der Waals surface area contributed by atoms with Crippen LogP contribution in [0, 0.1) is 0 Å². The lowest BCUT2D eigenvalue weighted by atomic mass is 9.35. The summed E-state index contributed by atoms with van der Waals surface area (Å²) in [6, 6.07) is 82.2. The van der Waals surface area contributed by atoms with Gasteiger partial charge in [-0.2, -0.15) is 0 Å². The monoisotopic (exact) mass is 1070 g/mol. The molecule has 0 atom stereocenters. The molecule has 9 heterocycles. The third kappa shape index (κ3) is 5.77. The van der Waals surface area contributed by atoms with Gasteiger partial charge in [-0.05, 0) is 131 Å². The van der Waals surface area contributed by atoms with Gasteiger partial charge in [0, 0.05) is 116 Å². The van der Waals surface area contributed by atoms with Gasteiger partial charge in [-0.3, -0.25) is 0 Å². The van der Waals surface area contributed by atoms with Crippen molar-refractivity contribution in [3.8, 4) is 17.1 Å². The normalized spacial score (nSPS) is 15.2. The minimum absolute atomic E-state index is 0.0514. The van der Waals surface area contributed by atoms with Crippen LogP contribution in [0.4, 0.5) is 22.7 Å². The van der Waals surface area contributed by atoms with Crippen LogP contribution in [0.25, 0.3) is 82.5 Å². The molecule has 0 amide bonds. The van der Waals surface area contributed by atoms with Gasteiger partial charge in [0.25, 0.3) is 0 Å². The maximum Gasteiger partial charge on any atom is 0.249 e. The summed E-state index contributed by atoms with van der Waals surface area (Å²) in [5.74, 6) is 0. The molecule has 0 spiro atoms. The van der Waals surface area contributed by atoms with Crippen molar-refractivity contribution in [2.24, 2.45) is 0 Å². The lowest BCUT2D eigenvalue weighted by molar-refractivity contribution is 0.766. The van der Waals surface area contributed by atoms with E-state index >= 15 is 0 Å². The van der Waals surface area contributed by atoms with E-state index in [1.54, 1.807) is 0 Å². The van der Waals surface area contributed by atoms with Gasteiger partial charge in [0.1, 0.15) is 0 Å². The van der Waals surface area contributed by atoms with Gasteiger partial charge in [0.2, 0.25) is 13.4 Å². The highest BCUT2D eigenvalue weighted by atomic mass is 32.2. The number of anilines is 4. The molecule has 81 heavy (non-hydrogen) atoms. The Bertz CT molecular complexity index is 4890. The Kier molecular flexibility index (Phi) is 8.70. The standard InChI is InChI=1S/C72H47B2N5S2/c1-2-20-44(21-3-1)77-61-40-65-55(73-53-26-12-24-49-47-22-6-10-30-59(47)78(71(49)53)63-34-45(36-67(80-65)69(63)73)75-32-14-18-42-16-4-8-28-57(42)75)38-51(61)52-39-56-66(41-62(52)77)81-68-37-46(76-33-15-19-43-17-5-9-29-58(43)76)35-64-70(68)74(56)54-27-13-25-50-48-23-7-11-31-60(48)79(64)72(50)54/h1-13,16-17,20-31,34-41H,14-15,18-19,32-33H2. The summed E-state index contributed by atoms with van der Waals surface area (Å²) >= 11 is 3.95. The smallest absolute Gasteiger partial charge is 0.249 e. The summed E-state index contributed by atoms with van der Waals surface area (Å²) in [4.78, 5) is 10.6. The average Bonchev–Trinajstić information content (AvgIpc) is 2.09. The van der Waals surface area contributed by atoms with Crippen LogP contribution in [0.3, 0.4) is 0 Å². The summed E-state index contributed by atoms with van der Waals surface area (Å²) in [5.41, 5.74) is 28.0. The van der Waals surface area contributed by atoms with E-state index < -0.39 is 0 Å². The first-order valence-corrected chi connectivity index (χ1v) is 30.5. The molecule has 0 N–H and O–H groups in total. The fourth-order valence-corrected chi connectivity index (χ4v) is 18.5. The molecule has 9 heteroatoms. The van der Waals surface area contributed by atoms with Crippen LogP contribution in [0.5, 0.6) is 0 Å². The predicted molar refractivity (Wildman–Crippen MR) is 343 cm³/mol. The number of fused-ring (bicyclic) bond motifs is 19. The zero-order valence-electron chi connectivity index (χ0n) is 44.2. The molecule has 5 nitrogen and oxygen atoms in total. The fourth-order valence-electron chi connectivity index (χ4n) is 16.1. The number of benzene rings is 11. The third-order valence-corrected chi connectivity index (χ3v) is 21.6. The summed E-state index contributed by atoms with van der Waals surface area (Å²) in [5, 5.41) is 7.87. The first kappa shape index (κ1) is 44.0. The van der Waals surface area contributed by atoms with Crippen LogP contribution >= 0.6 is 23.5 Å². The van der Waals surface area contributed by atoms with Crippen molar-refractivity contribution in [1.82, 2.24) is 13.7 Å². The van der Waals surface area contributed by atoms with Gasteiger partial charge in [-0.25, -0.2) is 0 Å². The number of rotatable bonds is 3. The van der Waals surface area contributed by atoms with Crippen molar-refractivity contribution in [3.05, 3.63) is 223 Å². The van der Waals surface area contributed by atoms with E-state index in [1.807, 2.05) is 23.5 Å². The van der Waals surface area contributed by atoms with Crippen LogP contribution in [0.1, 0.15) is 24.0 Å². The average molecular weight is 1070 g/mol. The molecule has 11 aromatic carbocycles. The van der Waals surface area contributed by atoms with E-state index in [0.29, 0.717) is 0 Å². The molecule has 3 aromatic heterocycles. The van der Waals surface area contributed by atoms with Crippen LogP contribution in [0.15, 0.2) is 232 Å².